The van der Waals surface area contributed by atoms with Crippen LogP contribution in [0.5, 0.6) is 0 Å². The number of amides is 5. The van der Waals surface area contributed by atoms with Crippen molar-refractivity contribution in [2.24, 2.45) is 22.9 Å². The van der Waals surface area contributed by atoms with E-state index in [0.717, 1.165) is 0 Å². The van der Waals surface area contributed by atoms with Crippen LogP contribution in [0.1, 0.15) is 44.9 Å². The van der Waals surface area contributed by atoms with Crippen LogP contribution in [0.3, 0.4) is 0 Å². The first kappa shape index (κ1) is 30.7. The van der Waals surface area contributed by atoms with Crippen LogP contribution in [0.2, 0.25) is 0 Å². The summed E-state index contributed by atoms with van der Waals surface area (Å²) >= 11 is 0. The molecule has 0 bridgehead atoms. The van der Waals surface area contributed by atoms with Gasteiger partial charge in [0.25, 0.3) is 0 Å². The molecule has 0 heterocycles. The molecule has 0 aliphatic carbocycles. The molecule has 4 atom stereocenters. The van der Waals surface area contributed by atoms with Crippen LogP contribution in [0.15, 0.2) is 0 Å². The van der Waals surface area contributed by atoms with Crippen LogP contribution in [0.4, 0.5) is 0 Å². The van der Waals surface area contributed by atoms with E-state index in [1.165, 1.54) is 0 Å². The highest BCUT2D eigenvalue weighted by Gasteiger charge is 2.30. The second-order valence-electron chi connectivity index (χ2n) is 7.61. The smallest absolute Gasteiger partial charge is 0.328 e. The van der Waals surface area contributed by atoms with Gasteiger partial charge in [0, 0.05) is 12.8 Å². The predicted molar refractivity (Wildman–Crippen MR) is 118 cm³/mol. The molecule has 0 saturated carbocycles. The van der Waals surface area contributed by atoms with Gasteiger partial charge >= 0.3 is 5.97 Å². The Hall–Kier alpha value is -3.30. The second-order valence-corrected chi connectivity index (χ2v) is 7.61. The molecule has 0 aromatic heterocycles. The van der Waals surface area contributed by atoms with Crippen molar-refractivity contribution in [1.82, 2.24) is 16.0 Å². The van der Waals surface area contributed by atoms with Gasteiger partial charge in [-0.05, 0) is 38.6 Å². The molecule has 0 saturated heterocycles. The van der Waals surface area contributed by atoms with Crippen molar-refractivity contribution in [3.8, 4) is 0 Å². The lowest BCUT2D eigenvalue weighted by Crippen LogP contribution is -2.57. The summed E-state index contributed by atoms with van der Waals surface area (Å²) in [7, 11) is 0. The monoisotopic (exact) mass is 489 g/mol. The number of rotatable bonds is 18. The lowest BCUT2D eigenvalue weighted by molar-refractivity contribution is -0.143. The number of aliphatic hydroxyl groups is 1. The summed E-state index contributed by atoms with van der Waals surface area (Å²) in [5.41, 5.74) is 21.3. The maximum Gasteiger partial charge on any atom is 0.328 e. The number of aliphatic carboxylic acids is 1. The lowest BCUT2D eigenvalue weighted by Gasteiger charge is -2.25. The number of nitrogens with one attached hydrogen (secondary N) is 3. The molecule has 34 heavy (non-hydrogen) atoms. The molecule has 15 heteroatoms. The SMILES string of the molecule is NCCCCC(NC(=O)C(N)CCC(N)=O)C(=O)NC(CCC(N)=O)C(=O)NC(CO)C(=O)O. The third-order valence-electron chi connectivity index (χ3n) is 4.73. The molecule has 13 N–H and O–H groups in total. The summed E-state index contributed by atoms with van der Waals surface area (Å²) in [5.74, 6) is -5.41. The quantitative estimate of drug-likeness (QED) is 0.0831. The molecule has 0 fully saturated rings. The van der Waals surface area contributed by atoms with E-state index in [9.17, 15) is 28.8 Å². The van der Waals surface area contributed by atoms with Gasteiger partial charge in [-0.1, -0.05) is 0 Å². The Bertz CT molecular complexity index is 733. The van der Waals surface area contributed by atoms with Crippen molar-refractivity contribution in [2.75, 3.05) is 13.2 Å². The van der Waals surface area contributed by atoms with E-state index in [-0.39, 0.29) is 32.1 Å². The van der Waals surface area contributed by atoms with Crippen LogP contribution in [-0.2, 0) is 28.8 Å². The molecule has 5 amide bonds. The average Bonchev–Trinajstić information content (AvgIpc) is 2.76. The van der Waals surface area contributed by atoms with Crippen LogP contribution in [0, 0.1) is 0 Å². The van der Waals surface area contributed by atoms with Gasteiger partial charge in [0.1, 0.15) is 18.1 Å². The first-order valence-corrected chi connectivity index (χ1v) is 10.7. The normalized spacial score (nSPS) is 14.2. The third-order valence-corrected chi connectivity index (χ3v) is 4.73. The Balaban J connectivity index is 5.46. The molecule has 0 aliphatic heterocycles. The van der Waals surface area contributed by atoms with E-state index in [2.05, 4.69) is 10.6 Å². The molecule has 0 aliphatic rings. The second kappa shape index (κ2) is 16.3. The third kappa shape index (κ3) is 12.7. The topological polar surface area (TPSA) is 283 Å². The highest BCUT2D eigenvalue weighted by Crippen LogP contribution is 2.06. The summed E-state index contributed by atoms with van der Waals surface area (Å²) < 4.78 is 0. The number of carbonyl (C=O) groups is 6. The highest BCUT2D eigenvalue weighted by molar-refractivity contribution is 5.94. The maximum atomic E-state index is 12.9. The fourth-order valence-corrected chi connectivity index (χ4v) is 2.75. The Morgan fingerprint density at radius 3 is 1.65 bits per heavy atom. The summed E-state index contributed by atoms with van der Waals surface area (Å²) in [4.78, 5) is 70.9. The number of hydrogen-bond donors (Lipinski definition) is 9. The van der Waals surface area contributed by atoms with Crippen LogP contribution in [0.25, 0.3) is 0 Å². The fraction of sp³-hybridized carbons (Fsp3) is 0.684. The molecular weight excluding hydrogens is 454 g/mol. The molecule has 0 rings (SSSR count). The zero-order valence-electron chi connectivity index (χ0n) is 18.8. The molecule has 0 spiro atoms. The van der Waals surface area contributed by atoms with Gasteiger partial charge in [-0.3, -0.25) is 24.0 Å². The lowest BCUT2D eigenvalue weighted by atomic mass is 10.0. The Labute approximate surface area is 196 Å². The van der Waals surface area contributed by atoms with Crippen molar-refractivity contribution in [3.05, 3.63) is 0 Å². The number of nitrogens with two attached hydrogens (primary N) is 4. The number of hydrogen-bond acceptors (Lipinski definition) is 9. The van der Waals surface area contributed by atoms with Crippen molar-refractivity contribution >= 4 is 35.5 Å². The number of unbranched alkanes of at least 4 members (excludes halogenated alkanes) is 1. The van der Waals surface area contributed by atoms with Crippen molar-refractivity contribution in [2.45, 2.75) is 69.1 Å². The molecule has 4 unspecified atom stereocenters. The Kier molecular flexibility index (Phi) is 14.7. The largest absolute Gasteiger partial charge is 0.480 e. The summed E-state index contributed by atoms with van der Waals surface area (Å²) in [6.45, 7) is -0.569. The summed E-state index contributed by atoms with van der Waals surface area (Å²) in [5, 5.41) is 25.0. The van der Waals surface area contributed by atoms with Gasteiger partial charge in [-0.2, -0.15) is 0 Å². The highest BCUT2D eigenvalue weighted by atomic mass is 16.4. The molecule has 0 aromatic carbocycles. The van der Waals surface area contributed by atoms with Gasteiger partial charge in [0.05, 0.1) is 12.6 Å². The van der Waals surface area contributed by atoms with Gasteiger partial charge in [0.15, 0.2) is 0 Å². The molecule has 0 aromatic rings. The van der Waals surface area contributed by atoms with E-state index in [4.69, 9.17) is 33.1 Å². The van der Waals surface area contributed by atoms with E-state index < -0.39 is 66.3 Å². The number of carbonyl (C=O) groups excluding carboxylic acids is 5. The maximum absolute atomic E-state index is 12.9. The zero-order chi connectivity index (χ0) is 26.3. The number of carboxylic acid groups (broad SMARTS) is 1. The first-order valence-electron chi connectivity index (χ1n) is 10.7. The minimum Gasteiger partial charge on any atom is -0.480 e. The Morgan fingerprint density at radius 2 is 1.18 bits per heavy atom. The predicted octanol–water partition coefficient (Wildman–Crippen LogP) is -4.50. The molecule has 194 valence electrons. The van der Waals surface area contributed by atoms with Crippen LogP contribution < -0.4 is 38.9 Å². The minimum atomic E-state index is -1.64. The number of aliphatic hydroxyl groups excluding tert-OH is 1. The van der Waals surface area contributed by atoms with Crippen molar-refractivity contribution in [3.63, 3.8) is 0 Å². The number of primary amides is 2. The van der Waals surface area contributed by atoms with E-state index in [0.29, 0.717) is 19.4 Å². The number of carboxylic acids is 1. The van der Waals surface area contributed by atoms with Gasteiger partial charge in [0.2, 0.25) is 29.5 Å². The minimum absolute atomic E-state index is 0.0420. The zero-order valence-corrected chi connectivity index (χ0v) is 18.8. The molecular formula is C19H35N7O8. The van der Waals surface area contributed by atoms with E-state index >= 15 is 0 Å². The fourth-order valence-electron chi connectivity index (χ4n) is 2.75. The van der Waals surface area contributed by atoms with Crippen LogP contribution in [-0.4, -0.2) is 83.0 Å². The van der Waals surface area contributed by atoms with E-state index in [1.54, 1.807) is 0 Å². The molecule has 15 nitrogen and oxygen atoms in total. The first-order chi connectivity index (χ1) is 15.9. The average molecular weight is 490 g/mol. The summed E-state index contributed by atoms with van der Waals surface area (Å²) in [6.07, 6.45) is 0.369. The molecule has 0 radical (unpaired) electrons. The van der Waals surface area contributed by atoms with Crippen molar-refractivity contribution in [1.29, 1.82) is 0 Å². The van der Waals surface area contributed by atoms with Gasteiger partial charge in [-0.25, -0.2) is 4.79 Å². The summed E-state index contributed by atoms with van der Waals surface area (Å²) in [6, 6.07) is -5.28. The van der Waals surface area contributed by atoms with E-state index in [1.807, 2.05) is 5.32 Å². The Morgan fingerprint density at radius 1 is 0.706 bits per heavy atom. The van der Waals surface area contributed by atoms with Gasteiger partial charge < -0.3 is 49.1 Å². The van der Waals surface area contributed by atoms with Crippen molar-refractivity contribution < 1.29 is 39.0 Å². The van der Waals surface area contributed by atoms with Crippen LogP contribution >= 0.6 is 0 Å². The standard InChI is InChI=1S/C19H35N7O8/c20-8-2-1-3-11(24-16(30)10(21)4-6-14(22)28)17(31)25-12(5-7-15(23)29)18(32)26-13(9-27)19(33)34/h10-13,27H,1-9,20-21H2,(H2,22,28)(H2,23,29)(H,24,30)(H,25,31)(H,26,32)(H,33,34). The van der Waals surface area contributed by atoms with Gasteiger partial charge in [-0.15, -0.1) is 0 Å².